The number of hydrogen-bond donors (Lipinski definition) is 1. The molecule has 3 aliphatic rings. The van der Waals surface area contributed by atoms with Crippen LogP contribution in [-0.4, -0.2) is 84.0 Å². The van der Waals surface area contributed by atoms with Gasteiger partial charge in [-0.3, -0.25) is 0 Å². The minimum absolute atomic E-state index is 0.00510. The van der Waals surface area contributed by atoms with E-state index in [9.17, 15) is 4.79 Å². The number of amides is 1. The second-order valence-electron chi connectivity index (χ2n) is 8.44. The summed E-state index contributed by atoms with van der Waals surface area (Å²) < 4.78 is 51.0. The van der Waals surface area contributed by atoms with Crippen LogP contribution in [0.1, 0.15) is 25.3 Å². The smallest absolute Gasteiger partial charge is 0.407 e. The Morgan fingerprint density at radius 2 is 1.67 bits per heavy atom. The largest absolute Gasteiger partial charge is 0.454 e. The van der Waals surface area contributed by atoms with E-state index in [-0.39, 0.29) is 20.4 Å². The molecule has 0 radical (unpaired) electrons. The van der Waals surface area contributed by atoms with Crippen LogP contribution in [0.15, 0.2) is 18.2 Å². The van der Waals surface area contributed by atoms with E-state index in [1.54, 1.807) is 0 Å². The van der Waals surface area contributed by atoms with Crippen LogP contribution in [0.4, 0.5) is 4.79 Å². The highest BCUT2D eigenvalue weighted by Crippen LogP contribution is 2.47. The fraction of sp³-hybridized carbons (Fsp3) is 0.682. The summed E-state index contributed by atoms with van der Waals surface area (Å²) in [4.78, 5) is 12.4. The molecule has 0 aromatic heterocycles. The molecule has 0 bridgehead atoms. The number of nitrogens with one attached hydrogen (secondary N) is 1. The number of carbonyl (C=O) groups excluding carboxylic acids is 1. The Labute approximate surface area is 192 Å². The normalized spacial score (nSPS) is 31.8. The predicted molar refractivity (Wildman–Crippen MR) is 112 cm³/mol. The van der Waals surface area contributed by atoms with Crippen LogP contribution in [0.5, 0.6) is 11.5 Å². The summed E-state index contributed by atoms with van der Waals surface area (Å²) in [5.41, 5.74) is 0.833. The van der Waals surface area contributed by atoms with Gasteiger partial charge in [-0.1, -0.05) is 6.07 Å². The van der Waals surface area contributed by atoms with Gasteiger partial charge in [0.25, 0.3) is 0 Å². The number of rotatable bonds is 8. The predicted octanol–water partition coefficient (Wildman–Crippen LogP) is 1.74. The first kappa shape index (κ1) is 24.0. The van der Waals surface area contributed by atoms with Gasteiger partial charge in [0.05, 0.1) is 19.3 Å². The van der Waals surface area contributed by atoms with E-state index >= 15 is 0 Å². The van der Waals surface area contributed by atoms with Gasteiger partial charge < -0.3 is 47.9 Å². The molecule has 184 valence electrons. The fourth-order valence-electron chi connectivity index (χ4n) is 4.71. The summed E-state index contributed by atoms with van der Waals surface area (Å²) in [5, 5.41) is 2.93. The zero-order chi connectivity index (χ0) is 23.6. The van der Waals surface area contributed by atoms with Gasteiger partial charge in [0.15, 0.2) is 17.3 Å². The number of methoxy groups -OCH3 is 3. The first-order valence-corrected chi connectivity index (χ1v) is 10.7. The Morgan fingerprint density at radius 1 is 1.00 bits per heavy atom. The van der Waals surface area contributed by atoms with Crippen molar-refractivity contribution in [3.63, 3.8) is 0 Å². The Kier molecular flexibility index (Phi) is 7.27. The maximum atomic E-state index is 12.4. The van der Waals surface area contributed by atoms with Crippen LogP contribution in [0.25, 0.3) is 0 Å². The molecule has 11 heteroatoms. The molecular weight excluding hydrogens is 438 g/mol. The van der Waals surface area contributed by atoms with Crippen LogP contribution in [0.3, 0.4) is 0 Å². The molecule has 2 aliphatic heterocycles. The number of ether oxygens (including phenoxy) is 9. The minimum Gasteiger partial charge on any atom is -0.454 e. The van der Waals surface area contributed by atoms with Gasteiger partial charge in [0.1, 0.15) is 31.9 Å². The van der Waals surface area contributed by atoms with E-state index in [1.165, 1.54) is 21.3 Å². The summed E-state index contributed by atoms with van der Waals surface area (Å²) in [6.07, 6.45) is -2.89. The Hall–Kier alpha value is -2.15. The molecule has 1 aliphatic carbocycles. The SMILES string of the molecule is COCO[C@@H]1[C@H]2OC(C)(C)O[C@H]2[C@H](NC(=O)OC)[C@H](c2ccc3c(c2)OCO3)[C@H]1OCOC. The van der Waals surface area contributed by atoms with Crippen LogP contribution < -0.4 is 14.8 Å². The van der Waals surface area contributed by atoms with Crippen LogP contribution in [0.2, 0.25) is 0 Å². The first-order valence-electron chi connectivity index (χ1n) is 10.7. The van der Waals surface area contributed by atoms with E-state index in [2.05, 4.69) is 5.32 Å². The van der Waals surface area contributed by atoms with Gasteiger partial charge in [-0.2, -0.15) is 0 Å². The summed E-state index contributed by atoms with van der Waals surface area (Å²) in [5.74, 6) is -0.0899. The molecule has 1 N–H and O–H groups in total. The third kappa shape index (κ3) is 4.88. The first-order chi connectivity index (χ1) is 15.9. The van der Waals surface area contributed by atoms with Gasteiger partial charge in [0, 0.05) is 20.1 Å². The van der Waals surface area contributed by atoms with Crippen molar-refractivity contribution in [2.45, 2.75) is 56.0 Å². The van der Waals surface area contributed by atoms with Crippen molar-refractivity contribution in [3.8, 4) is 11.5 Å². The molecular formula is C22H31NO10. The monoisotopic (exact) mass is 469 g/mol. The molecule has 1 saturated carbocycles. The molecule has 6 atom stereocenters. The van der Waals surface area contributed by atoms with Crippen LogP contribution >= 0.6 is 0 Å². The van der Waals surface area contributed by atoms with Crippen molar-refractivity contribution in [1.82, 2.24) is 5.32 Å². The molecule has 1 saturated heterocycles. The van der Waals surface area contributed by atoms with E-state index < -0.39 is 48.3 Å². The van der Waals surface area contributed by atoms with Gasteiger partial charge in [-0.05, 0) is 31.5 Å². The maximum absolute atomic E-state index is 12.4. The second-order valence-corrected chi connectivity index (χ2v) is 8.44. The highest BCUT2D eigenvalue weighted by Gasteiger charge is 2.60. The molecule has 33 heavy (non-hydrogen) atoms. The zero-order valence-corrected chi connectivity index (χ0v) is 19.4. The van der Waals surface area contributed by atoms with Crippen molar-refractivity contribution in [2.24, 2.45) is 0 Å². The number of hydrogen-bond acceptors (Lipinski definition) is 10. The summed E-state index contributed by atoms with van der Waals surface area (Å²) in [7, 11) is 4.39. The van der Waals surface area contributed by atoms with Crippen molar-refractivity contribution in [3.05, 3.63) is 23.8 Å². The van der Waals surface area contributed by atoms with Gasteiger partial charge >= 0.3 is 6.09 Å². The molecule has 1 amide bonds. The highest BCUT2D eigenvalue weighted by atomic mass is 16.8. The lowest BCUT2D eigenvalue weighted by Crippen LogP contribution is -2.65. The fourth-order valence-corrected chi connectivity index (χ4v) is 4.71. The van der Waals surface area contributed by atoms with Crippen molar-refractivity contribution < 1.29 is 47.4 Å². The summed E-state index contributed by atoms with van der Waals surface area (Å²) in [6, 6.07) is 5.03. The molecule has 11 nitrogen and oxygen atoms in total. The van der Waals surface area contributed by atoms with E-state index in [0.717, 1.165) is 5.56 Å². The molecule has 4 rings (SSSR count). The zero-order valence-electron chi connectivity index (χ0n) is 19.4. The molecule has 0 spiro atoms. The lowest BCUT2D eigenvalue weighted by atomic mass is 9.73. The van der Waals surface area contributed by atoms with Crippen LogP contribution in [0, 0.1) is 0 Å². The van der Waals surface area contributed by atoms with Gasteiger partial charge in [-0.15, -0.1) is 0 Å². The lowest BCUT2D eigenvalue weighted by Gasteiger charge is -2.47. The third-order valence-electron chi connectivity index (χ3n) is 5.91. The Balaban J connectivity index is 1.79. The minimum atomic E-state index is -0.907. The average molecular weight is 469 g/mol. The van der Waals surface area contributed by atoms with Crippen molar-refractivity contribution >= 4 is 6.09 Å². The summed E-state index contributed by atoms with van der Waals surface area (Å²) >= 11 is 0. The van der Waals surface area contributed by atoms with Crippen LogP contribution in [-0.2, 0) is 33.2 Å². The third-order valence-corrected chi connectivity index (χ3v) is 5.91. The van der Waals surface area contributed by atoms with Gasteiger partial charge in [0.2, 0.25) is 6.79 Å². The van der Waals surface area contributed by atoms with Gasteiger partial charge in [-0.25, -0.2) is 4.79 Å². The molecule has 1 aromatic carbocycles. The Bertz CT molecular complexity index is 833. The number of carbonyl (C=O) groups is 1. The highest BCUT2D eigenvalue weighted by molar-refractivity contribution is 5.68. The van der Waals surface area contributed by atoms with Crippen molar-refractivity contribution in [1.29, 1.82) is 0 Å². The second kappa shape index (κ2) is 10.00. The molecule has 1 aromatic rings. The molecule has 2 heterocycles. The van der Waals surface area contributed by atoms with E-state index in [0.29, 0.717) is 11.5 Å². The molecule has 0 unspecified atom stereocenters. The maximum Gasteiger partial charge on any atom is 0.407 e. The molecule has 2 fully saturated rings. The number of fused-ring (bicyclic) bond motifs is 2. The quantitative estimate of drug-likeness (QED) is 0.565. The standard InChI is InChI=1S/C22H31NO10/c1-22(2)32-18-16(23-21(24)27-5)15(12-6-7-13-14(8-12)29-11-28-13)17(30-9-25-3)19(20(18)33-22)31-10-26-4/h6-8,15-20H,9-11H2,1-5H3,(H,23,24)/t15-,16+,17+,18-,19-,20-/m0/s1. The number of alkyl carbamates (subject to hydrolysis) is 1. The van der Waals surface area contributed by atoms with E-state index in [1.807, 2.05) is 32.0 Å². The average Bonchev–Trinajstić information content (AvgIpc) is 3.39. The lowest BCUT2D eigenvalue weighted by molar-refractivity contribution is -0.217. The van der Waals surface area contributed by atoms with E-state index in [4.69, 9.17) is 42.6 Å². The summed E-state index contributed by atoms with van der Waals surface area (Å²) in [6.45, 7) is 3.80. The van der Waals surface area contributed by atoms with Crippen molar-refractivity contribution in [2.75, 3.05) is 41.7 Å². The number of benzene rings is 1. The topological polar surface area (TPSA) is 112 Å². The Morgan fingerprint density at radius 3 is 2.36 bits per heavy atom.